The number of hydrogen-bond donors (Lipinski definition) is 4. The highest BCUT2D eigenvalue weighted by Crippen LogP contribution is 2.11. The van der Waals surface area contributed by atoms with E-state index in [1.807, 2.05) is 6.08 Å². The topological polar surface area (TPSA) is 89.8 Å². The van der Waals surface area contributed by atoms with E-state index in [1.165, 1.54) is 70.6 Å². The van der Waals surface area contributed by atoms with Gasteiger partial charge in [-0.05, 0) is 19.3 Å². The molecule has 0 aromatic carbocycles. The van der Waals surface area contributed by atoms with E-state index < -0.39 is 24.2 Å². The minimum atomic E-state index is -1.09. The van der Waals surface area contributed by atoms with E-state index in [4.69, 9.17) is 0 Å². The van der Waals surface area contributed by atoms with E-state index in [9.17, 15) is 20.1 Å². The number of hydrogen-bond acceptors (Lipinski definition) is 4. The minimum absolute atomic E-state index is 0.362. The Morgan fingerprint density at radius 1 is 0.774 bits per heavy atom. The zero-order valence-corrected chi connectivity index (χ0v) is 20.4. The van der Waals surface area contributed by atoms with Gasteiger partial charge in [0.1, 0.15) is 6.10 Å². The van der Waals surface area contributed by atoms with Crippen molar-refractivity contribution in [3.05, 3.63) is 12.2 Å². The molecule has 0 aliphatic carbocycles. The number of carbonyl (C=O) groups excluding carboxylic acids is 1. The molecule has 1 amide bonds. The van der Waals surface area contributed by atoms with Crippen LogP contribution in [0.4, 0.5) is 0 Å². The number of aliphatic hydroxyl groups is 3. The fourth-order valence-electron chi connectivity index (χ4n) is 3.71. The number of amides is 1. The van der Waals surface area contributed by atoms with Gasteiger partial charge in [0.15, 0.2) is 0 Å². The first kappa shape index (κ1) is 30.1. The van der Waals surface area contributed by atoms with Crippen molar-refractivity contribution in [3.63, 3.8) is 0 Å². The van der Waals surface area contributed by atoms with Gasteiger partial charge in [-0.15, -0.1) is 0 Å². The lowest BCUT2D eigenvalue weighted by molar-refractivity contribution is -0.131. The SMILES string of the molecule is CCCCCCCCC/C=C/C(O)C(CO)NC(=O)C(O)CCCCCCCCCC. The summed E-state index contributed by atoms with van der Waals surface area (Å²) in [5, 5.41) is 32.4. The number of unbranched alkanes of at least 4 members (excludes halogenated alkanes) is 14. The van der Waals surface area contributed by atoms with Crippen LogP contribution in [0, 0.1) is 0 Å². The lowest BCUT2D eigenvalue weighted by Crippen LogP contribution is -2.48. The van der Waals surface area contributed by atoms with Gasteiger partial charge < -0.3 is 20.6 Å². The maximum absolute atomic E-state index is 12.2. The van der Waals surface area contributed by atoms with Gasteiger partial charge in [-0.25, -0.2) is 0 Å². The summed E-state index contributed by atoms with van der Waals surface area (Å²) in [5.41, 5.74) is 0. The summed E-state index contributed by atoms with van der Waals surface area (Å²) in [6, 6.07) is -0.786. The second-order valence-corrected chi connectivity index (χ2v) is 8.91. The van der Waals surface area contributed by atoms with Crippen LogP contribution in [0.1, 0.15) is 123 Å². The van der Waals surface area contributed by atoms with Crippen LogP contribution in [0.25, 0.3) is 0 Å². The maximum Gasteiger partial charge on any atom is 0.249 e. The first-order chi connectivity index (χ1) is 15.1. The van der Waals surface area contributed by atoms with Crippen molar-refractivity contribution in [3.8, 4) is 0 Å². The minimum Gasteiger partial charge on any atom is -0.394 e. The summed E-state index contributed by atoms with van der Waals surface area (Å²) in [4.78, 5) is 12.2. The largest absolute Gasteiger partial charge is 0.394 e. The molecule has 31 heavy (non-hydrogen) atoms. The van der Waals surface area contributed by atoms with Gasteiger partial charge in [-0.3, -0.25) is 4.79 Å². The molecule has 0 bridgehead atoms. The molecule has 0 radical (unpaired) electrons. The fourth-order valence-corrected chi connectivity index (χ4v) is 3.71. The third kappa shape index (κ3) is 18.4. The van der Waals surface area contributed by atoms with Crippen molar-refractivity contribution in [1.82, 2.24) is 5.32 Å². The number of aliphatic hydroxyl groups excluding tert-OH is 3. The second kappa shape index (κ2) is 22.3. The monoisotopic (exact) mass is 441 g/mol. The summed E-state index contributed by atoms with van der Waals surface area (Å²) < 4.78 is 0. The molecule has 0 fully saturated rings. The quantitative estimate of drug-likeness (QED) is 0.133. The highest BCUT2D eigenvalue weighted by molar-refractivity contribution is 5.80. The van der Waals surface area contributed by atoms with Crippen LogP contribution in [0.3, 0.4) is 0 Å². The smallest absolute Gasteiger partial charge is 0.249 e. The van der Waals surface area contributed by atoms with Gasteiger partial charge in [-0.1, -0.05) is 116 Å². The molecule has 0 heterocycles. The van der Waals surface area contributed by atoms with Crippen LogP contribution in [-0.4, -0.2) is 46.1 Å². The predicted octanol–water partition coefficient (Wildman–Crippen LogP) is 5.41. The second-order valence-electron chi connectivity index (χ2n) is 8.91. The zero-order chi connectivity index (χ0) is 23.2. The van der Waals surface area contributed by atoms with E-state index in [2.05, 4.69) is 19.2 Å². The highest BCUT2D eigenvalue weighted by atomic mass is 16.3. The normalized spacial score (nSPS) is 14.6. The summed E-state index contributed by atoms with van der Waals surface area (Å²) in [7, 11) is 0. The number of carbonyl (C=O) groups is 1. The molecule has 0 spiro atoms. The predicted molar refractivity (Wildman–Crippen MR) is 130 cm³/mol. The van der Waals surface area contributed by atoms with E-state index in [0.717, 1.165) is 32.1 Å². The lowest BCUT2D eigenvalue weighted by Gasteiger charge is -2.21. The summed E-state index contributed by atoms with van der Waals surface area (Å²) in [6.07, 6.45) is 20.8. The summed E-state index contributed by atoms with van der Waals surface area (Å²) in [5.74, 6) is -0.512. The van der Waals surface area contributed by atoms with Crippen molar-refractivity contribution >= 4 is 5.91 Å². The third-order valence-electron chi connectivity index (χ3n) is 5.88. The molecule has 0 aliphatic rings. The Balaban J connectivity index is 3.93. The van der Waals surface area contributed by atoms with Gasteiger partial charge in [0, 0.05) is 0 Å². The highest BCUT2D eigenvalue weighted by Gasteiger charge is 2.22. The van der Waals surface area contributed by atoms with Gasteiger partial charge in [0.05, 0.1) is 18.8 Å². The van der Waals surface area contributed by atoms with E-state index in [0.29, 0.717) is 6.42 Å². The standard InChI is InChI=1S/C26H51NO4/c1-3-5-7-9-11-13-15-16-18-20-24(29)23(22-28)27-26(31)25(30)21-19-17-14-12-10-8-6-4-2/h18,20,23-25,28-30H,3-17,19,21-22H2,1-2H3,(H,27,31)/b20-18+. The summed E-state index contributed by atoms with van der Waals surface area (Å²) >= 11 is 0. The maximum atomic E-state index is 12.2. The number of rotatable bonds is 22. The molecule has 184 valence electrons. The van der Waals surface area contributed by atoms with E-state index in [-0.39, 0.29) is 6.61 Å². The van der Waals surface area contributed by atoms with Crippen molar-refractivity contribution < 1.29 is 20.1 Å². The molecule has 3 atom stereocenters. The molecule has 0 aromatic rings. The van der Waals surface area contributed by atoms with Crippen LogP contribution in [-0.2, 0) is 4.79 Å². The third-order valence-corrected chi connectivity index (χ3v) is 5.88. The first-order valence-electron chi connectivity index (χ1n) is 13.0. The van der Waals surface area contributed by atoms with Crippen LogP contribution in [0.5, 0.6) is 0 Å². The Kier molecular flexibility index (Phi) is 21.6. The van der Waals surface area contributed by atoms with Crippen LogP contribution >= 0.6 is 0 Å². The van der Waals surface area contributed by atoms with Crippen LogP contribution in [0.2, 0.25) is 0 Å². The molecular weight excluding hydrogens is 390 g/mol. The Morgan fingerprint density at radius 2 is 1.26 bits per heavy atom. The molecule has 0 aliphatic heterocycles. The van der Waals surface area contributed by atoms with E-state index in [1.54, 1.807) is 6.08 Å². The van der Waals surface area contributed by atoms with Gasteiger partial charge in [0.2, 0.25) is 5.91 Å². The van der Waals surface area contributed by atoms with Gasteiger partial charge in [0.25, 0.3) is 0 Å². The van der Waals surface area contributed by atoms with Crippen LogP contribution in [0.15, 0.2) is 12.2 Å². The molecule has 4 N–H and O–H groups in total. The molecule has 5 heteroatoms. The summed E-state index contributed by atoms with van der Waals surface area (Å²) in [6.45, 7) is 4.07. The Labute approximate surface area is 191 Å². The van der Waals surface area contributed by atoms with Crippen LogP contribution < -0.4 is 5.32 Å². The zero-order valence-electron chi connectivity index (χ0n) is 20.4. The molecule has 0 aromatic heterocycles. The molecule has 3 unspecified atom stereocenters. The molecule has 0 saturated heterocycles. The Hall–Kier alpha value is -0.910. The van der Waals surface area contributed by atoms with Gasteiger partial charge >= 0.3 is 0 Å². The number of nitrogens with one attached hydrogen (secondary N) is 1. The molecular formula is C26H51NO4. The van der Waals surface area contributed by atoms with E-state index >= 15 is 0 Å². The van der Waals surface area contributed by atoms with Crippen molar-refractivity contribution in [2.24, 2.45) is 0 Å². The van der Waals surface area contributed by atoms with Crippen molar-refractivity contribution in [2.45, 2.75) is 141 Å². The average Bonchev–Trinajstić information content (AvgIpc) is 2.77. The molecule has 0 rings (SSSR count). The fraction of sp³-hybridized carbons (Fsp3) is 0.885. The average molecular weight is 442 g/mol. The molecule has 5 nitrogen and oxygen atoms in total. The Morgan fingerprint density at radius 3 is 1.77 bits per heavy atom. The van der Waals surface area contributed by atoms with Gasteiger partial charge in [-0.2, -0.15) is 0 Å². The number of allylic oxidation sites excluding steroid dienone is 1. The Bertz CT molecular complexity index is 428. The molecule has 0 saturated carbocycles. The van der Waals surface area contributed by atoms with Crippen molar-refractivity contribution in [2.75, 3.05) is 6.61 Å². The lowest BCUT2D eigenvalue weighted by atomic mass is 10.0. The first-order valence-corrected chi connectivity index (χ1v) is 13.0. The van der Waals surface area contributed by atoms with Crippen molar-refractivity contribution in [1.29, 1.82) is 0 Å².